The Morgan fingerprint density at radius 3 is 3.22 bits per heavy atom. The number of thiophene rings is 1. The second kappa shape index (κ2) is 4.85. The largest absolute Gasteiger partial charge is 0.358 e. The Balaban J connectivity index is 1.98. The molecule has 2 aromatic heterocycles. The van der Waals surface area contributed by atoms with Gasteiger partial charge in [-0.15, -0.1) is 11.3 Å². The fourth-order valence-electron chi connectivity index (χ4n) is 2.22. The molecule has 0 saturated carbocycles. The summed E-state index contributed by atoms with van der Waals surface area (Å²) in [6.45, 7) is 0. The van der Waals surface area contributed by atoms with E-state index in [9.17, 15) is 4.79 Å². The van der Waals surface area contributed by atoms with E-state index < -0.39 is 0 Å². The van der Waals surface area contributed by atoms with Crippen molar-refractivity contribution >= 4 is 39.2 Å². The third-order valence-electron chi connectivity index (χ3n) is 3.09. The number of aryl methyl sites for hydroxylation is 2. The standard InChI is InChI=1S/C12H13N3OS2/c1-13-9(16)5-17-11-10-7-3-2-4-8(7)18-12(10)15-6-14-11/h6H,2-5H2,1H3,(H,13,16). The third-order valence-corrected chi connectivity index (χ3v) is 5.27. The van der Waals surface area contributed by atoms with E-state index in [0.29, 0.717) is 5.75 Å². The highest BCUT2D eigenvalue weighted by Gasteiger charge is 2.21. The van der Waals surface area contributed by atoms with Gasteiger partial charge < -0.3 is 5.32 Å². The lowest BCUT2D eigenvalue weighted by atomic mass is 10.2. The maximum atomic E-state index is 11.3. The van der Waals surface area contributed by atoms with Crippen LogP contribution in [0, 0.1) is 0 Å². The van der Waals surface area contributed by atoms with Crippen LogP contribution in [0.5, 0.6) is 0 Å². The first-order valence-electron chi connectivity index (χ1n) is 5.88. The molecule has 0 aromatic carbocycles. The fourth-order valence-corrected chi connectivity index (χ4v) is 4.41. The van der Waals surface area contributed by atoms with Crippen LogP contribution in [0.1, 0.15) is 16.9 Å². The highest BCUT2D eigenvalue weighted by Crippen LogP contribution is 2.39. The molecule has 0 fully saturated rings. The summed E-state index contributed by atoms with van der Waals surface area (Å²) in [6.07, 6.45) is 5.11. The lowest BCUT2D eigenvalue weighted by Crippen LogP contribution is -2.19. The van der Waals surface area contributed by atoms with E-state index in [1.165, 1.54) is 34.0 Å². The van der Waals surface area contributed by atoms with Gasteiger partial charge in [-0.1, -0.05) is 11.8 Å². The molecular weight excluding hydrogens is 266 g/mol. The molecule has 18 heavy (non-hydrogen) atoms. The van der Waals surface area contributed by atoms with E-state index in [-0.39, 0.29) is 5.91 Å². The first-order chi connectivity index (χ1) is 8.79. The molecule has 0 radical (unpaired) electrons. The number of aromatic nitrogens is 2. The molecular formula is C12H13N3OS2. The average molecular weight is 279 g/mol. The maximum Gasteiger partial charge on any atom is 0.230 e. The summed E-state index contributed by atoms with van der Waals surface area (Å²) < 4.78 is 0. The lowest BCUT2D eigenvalue weighted by Gasteiger charge is -2.03. The predicted molar refractivity (Wildman–Crippen MR) is 74.2 cm³/mol. The van der Waals surface area contributed by atoms with E-state index in [1.807, 2.05) is 0 Å². The van der Waals surface area contributed by atoms with Crippen LogP contribution in [0.3, 0.4) is 0 Å². The number of rotatable bonds is 3. The van der Waals surface area contributed by atoms with E-state index in [1.54, 1.807) is 24.7 Å². The molecule has 0 bridgehead atoms. The lowest BCUT2D eigenvalue weighted by molar-refractivity contribution is -0.118. The van der Waals surface area contributed by atoms with Crippen molar-refractivity contribution in [3.8, 4) is 0 Å². The molecule has 2 heterocycles. The van der Waals surface area contributed by atoms with Crippen LogP contribution in [0.15, 0.2) is 11.4 Å². The summed E-state index contributed by atoms with van der Waals surface area (Å²) in [5, 5.41) is 4.76. The quantitative estimate of drug-likeness (QED) is 0.690. The molecule has 3 rings (SSSR count). The molecule has 0 saturated heterocycles. The van der Waals surface area contributed by atoms with E-state index in [4.69, 9.17) is 0 Å². The van der Waals surface area contributed by atoms with Gasteiger partial charge in [0.15, 0.2) is 0 Å². The fraction of sp³-hybridized carbons (Fsp3) is 0.417. The van der Waals surface area contributed by atoms with Crippen LogP contribution in [0.25, 0.3) is 10.2 Å². The molecule has 2 aromatic rings. The Morgan fingerprint density at radius 2 is 2.39 bits per heavy atom. The zero-order valence-electron chi connectivity index (χ0n) is 10.0. The summed E-state index contributed by atoms with van der Waals surface area (Å²) >= 11 is 3.27. The molecule has 6 heteroatoms. The van der Waals surface area contributed by atoms with Gasteiger partial charge in [0.2, 0.25) is 5.91 Å². The summed E-state index contributed by atoms with van der Waals surface area (Å²) in [5.41, 5.74) is 1.41. The number of fused-ring (bicyclic) bond motifs is 3. The number of carbonyl (C=O) groups is 1. The van der Waals surface area contributed by atoms with Crippen molar-refractivity contribution in [1.29, 1.82) is 0 Å². The molecule has 0 aliphatic heterocycles. The molecule has 1 aliphatic carbocycles. The monoisotopic (exact) mass is 279 g/mol. The third kappa shape index (κ3) is 1.99. The number of amides is 1. The van der Waals surface area contributed by atoms with Gasteiger partial charge >= 0.3 is 0 Å². The minimum Gasteiger partial charge on any atom is -0.358 e. The van der Waals surface area contributed by atoms with Crippen LogP contribution in [0.2, 0.25) is 0 Å². The summed E-state index contributed by atoms with van der Waals surface area (Å²) in [6, 6.07) is 0. The molecule has 94 valence electrons. The Labute approximate surface area is 113 Å². The van der Waals surface area contributed by atoms with Crippen LogP contribution in [-0.4, -0.2) is 28.7 Å². The normalized spacial score (nSPS) is 13.8. The number of thioether (sulfide) groups is 1. The van der Waals surface area contributed by atoms with Crippen molar-refractivity contribution < 1.29 is 4.79 Å². The minimum absolute atomic E-state index is 0.0265. The van der Waals surface area contributed by atoms with Crippen molar-refractivity contribution in [3.63, 3.8) is 0 Å². The topological polar surface area (TPSA) is 54.9 Å². The first-order valence-corrected chi connectivity index (χ1v) is 7.68. The van der Waals surface area contributed by atoms with E-state index >= 15 is 0 Å². The number of nitrogens with one attached hydrogen (secondary N) is 1. The van der Waals surface area contributed by atoms with Crippen LogP contribution >= 0.6 is 23.1 Å². The molecule has 1 aliphatic rings. The van der Waals surface area contributed by atoms with Crippen molar-refractivity contribution in [2.45, 2.75) is 24.3 Å². The maximum absolute atomic E-state index is 11.3. The number of carbonyl (C=O) groups excluding carboxylic acids is 1. The number of hydrogen-bond donors (Lipinski definition) is 1. The van der Waals surface area contributed by atoms with Gasteiger partial charge in [-0.25, -0.2) is 9.97 Å². The smallest absolute Gasteiger partial charge is 0.230 e. The van der Waals surface area contributed by atoms with Crippen molar-refractivity contribution in [3.05, 3.63) is 16.8 Å². The van der Waals surface area contributed by atoms with Crippen molar-refractivity contribution in [2.75, 3.05) is 12.8 Å². The summed E-state index contributed by atoms with van der Waals surface area (Å²) in [5.74, 6) is 0.436. The second-order valence-electron chi connectivity index (χ2n) is 4.18. The molecule has 1 N–H and O–H groups in total. The molecule has 0 spiro atoms. The van der Waals surface area contributed by atoms with Gasteiger partial charge in [-0.3, -0.25) is 4.79 Å². The number of nitrogens with zero attached hydrogens (tertiary/aromatic N) is 2. The second-order valence-corrected chi connectivity index (χ2v) is 6.23. The van der Waals surface area contributed by atoms with E-state index in [2.05, 4.69) is 15.3 Å². The SMILES string of the molecule is CNC(=O)CSc1ncnc2sc3c(c12)CCC3. The molecule has 0 unspecified atom stereocenters. The predicted octanol–water partition coefficient (Wildman–Crippen LogP) is 2.02. The van der Waals surface area contributed by atoms with Crippen molar-refractivity contribution in [1.82, 2.24) is 15.3 Å². The average Bonchev–Trinajstić information content (AvgIpc) is 2.95. The van der Waals surface area contributed by atoms with Gasteiger partial charge in [0, 0.05) is 17.3 Å². The van der Waals surface area contributed by atoms with Crippen molar-refractivity contribution in [2.24, 2.45) is 0 Å². The zero-order chi connectivity index (χ0) is 12.5. The Bertz CT molecular complexity index is 609. The van der Waals surface area contributed by atoms with Gasteiger partial charge in [-0.2, -0.15) is 0 Å². The minimum atomic E-state index is 0.0265. The Kier molecular flexibility index (Phi) is 3.22. The molecule has 4 nitrogen and oxygen atoms in total. The van der Waals surface area contributed by atoms with Gasteiger partial charge in [-0.05, 0) is 24.8 Å². The van der Waals surface area contributed by atoms with Gasteiger partial charge in [0.25, 0.3) is 0 Å². The van der Waals surface area contributed by atoms with Crippen LogP contribution in [0.4, 0.5) is 0 Å². The van der Waals surface area contributed by atoms with Gasteiger partial charge in [0.1, 0.15) is 16.2 Å². The first kappa shape index (κ1) is 11.9. The number of hydrogen-bond acceptors (Lipinski definition) is 5. The summed E-state index contributed by atoms with van der Waals surface area (Å²) in [7, 11) is 1.65. The van der Waals surface area contributed by atoms with Gasteiger partial charge in [0.05, 0.1) is 5.75 Å². The van der Waals surface area contributed by atoms with E-state index in [0.717, 1.165) is 22.7 Å². The zero-order valence-corrected chi connectivity index (χ0v) is 11.7. The Morgan fingerprint density at radius 1 is 1.50 bits per heavy atom. The van der Waals surface area contributed by atoms with Crippen LogP contribution in [-0.2, 0) is 17.6 Å². The highest BCUT2D eigenvalue weighted by atomic mass is 32.2. The highest BCUT2D eigenvalue weighted by molar-refractivity contribution is 8.00. The Hall–Kier alpha value is -1.14. The molecule has 0 atom stereocenters. The molecule has 1 amide bonds. The summed E-state index contributed by atoms with van der Waals surface area (Å²) in [4.78, 5) is 22.5. The van der Waals surface area contributed by atoms with Crippen LogP contribution < -0.4 is 5.32 Å².